The van der Waals surface area contributed by atoms with Crippen LogP contribution < -0.4 is 15.4 Å². The number of amides is 2. The van der Waals surface area contributed by atoms with Gasteiger partial charge in [-0.05, 0) is 44.5 Å². The Morgan fingerprint density at radius 2 is 1.67 bits per heavy atom. The van der Waals surface area contributed by atoms with Gasteiger partial charge in [-0.15, -0.1) is 0 Å². The fourth-order valence-electron chi connectivity index (χ4n) is 2.54. The lowest BCUT2D eigenvalue weighted by Gasteiger charge is -2.20. The molecule has 0 saturated heterocycles. The van der Waals surface area contributed by atoms with Crippen molar-refractivity contribution < 1.29 is 13.9 Å². The molecule has 0 radical (unpaired) electrons. The summed E-state index contributed by atoms with van der Waals surface area (Å²) in [4.78, 5) is 12.2. The molecule has 2 aromatic rings. The van der Waals surface area contributed by atoms with E-state index in [1.54, 1.807) is 19.2 Å². The minimum absolute atomic E-state index is 0.208. The minimum Gasteiger partial charge on any atom is -0.496 e. The highest BCUT2D eigenvalue weighted by Crippen LogP contribution is 2.26. The van der Waals surface area contributed by atoms with Gasteiger partial charge in [-0.1, -0.05) is 29.8 Å². The number of carbonyl (C=O) groups excluding carboxylic acids is 1. The minimum atomic E-state index is -0.296. The average Bonchev–Trinajstić information content (AvgIpc) is 2.55. The summed E-state index contributed by atoms with van der Waals surface area (Å²) in [6.07, 6.45) is 0. The molecule has 2 aromatic carbocycles. The summed E-state index contributed by atoms with van der Waals surface area (Å²) in [5.41, 5.74) is 2.86. The molecule has 2 rings (SSSR count). The number of ether oxygens (including phenoxy) is 1. The Kier molecular flexibility index (Phi) is 5.79. The first-order valence-corrected chi connectivity index (χ1v) is 7.87. The van der Waals surface area contributed by atoms with E-state index in [4.69, 9.17) is 4.74 Å². The van der Waals surface area contributed by atoms with Gasteiger partial charge in [0.25, 0.3) is 0 Å². The van der Waals surface area contributed by atoms with E-state index in [1.807, 2.05) is 39.0 Å². The molecule has 0 heterocycles. The van der Waals surface area contributed by atoms with Crippen LogP contribution in [0.4, 0.5) is 9.18 Å². The zero-order valence-corrected chi connectivity index (χ0v) is 14.4. The van der Waals surface area contributed by atoms with Crippen molar-refractivity contribution in [2.75, 3.05) is 7.11 Å². The third-order valence-electron chi connectivity index (χ3n) is 3.92. The Morgan fingerprint density at radius 3 is 2.29 bits per heavy atom. The lowest BCUT2D eigenvalue weighted by molar-refractivity contribution is 0.234. The second-order valence-corrected chi connectivity index (χ2v) is 5.86. The molecule has 0 bridgehead atoms. The van der Waals surface area contributed by atoms with Crippen LogP contribution in [0.25, 0.3) is 0 Å². The number of hydrogen-bond acceptors (Lipinski definition) is 2. The van der Waals surface area contributed by atoms with E-state index < -0.39 is 0 Å². The van der Waals surface area contributed by atoms with Crippen molar-refractivity contribution in [3.05, 3.63) is 65.0 Å². The lowest BCUT2D eigenvalue weighted by Crippen LogP contribution is -2.38. The average molecular weight is 330 g/mol. The van der Waals surface area contributed by atoms with E-state index in [0.717, 1.165) is 22.4 Å². The maximum absolute atomic E-state index is 13.0. The largest absolute Gasteiger partial charge is 0.496 e. The highest BCUT2D eigenvalue weighted by Gasteiger charge is 2.16. The molecular weight excluding hydrogens is 307 g/mol. The van der Waals surface area contributed by atoms with Crippen LogP contribution in [-0.2, 0) is 0 Å². The van der Waals surface area contributed by atoms with Gasteiger partial charge in [0.1, 0.15) is 11.6 Å². The summed E-state index contributed by atoms with van der Waals surface area (Å²) in [7, 11) is 1.61. The van der Waals surface area contributed by atoms with Crippen molar-refractivity contribution in [2.24, 2.45) is 0 Å². The van der Waals surface area contributed by atoms with Crippen LogP contribution in [0.3, 0.4) is 0 Å². The molecule has 0 aliphatic rings. The fourth-order valence-corrected chi connectivity index (χ4v) is 2.54. The molecule has 0 aromatic heterocycles. The quantitative estimate of drug-likeness (QED) is 0.860. The summed E-state index contributed by atoms with van der Waals surface area (Å²) in [5, 5.41) is 5.76. The molecule has 128 valence electrons. The molecule has 0 spiro atoms. The zero-order valence-electron chi connectivity index (χ0n) is 14.4. The van der Waals surface area contributed by atoms with Gasteiger partial charge in [0.2, 0.25) is 0 Å². The van der Waals surface area contributed by atoms with Gasteiger partial charge in [0.05, 0.1) is 19.2 Å². The van der Waals surface area contributed by atoms with Crippen molar-refractivity contribution in [1.82, 2.24) is 10.6 Å². The molecule has 2 unspecified atom stereocenters. The Bertz CT molecular complexity index is 701. The normalized spacial score (nSPS) is 13.0. The van der Waals surface area contributed by atoms with E-state index in [9.17, 15) is 9.18 Å². The molecule has 2 amide bonds. The fraction of sp³-hybridized carbons (Fsp3) is 0.316. The van der Waals surface area contributed by atoms with E-state index >= 15 is 0 Å². The third kappa shape index (κ3) is 4.47. The smallest absolute Gasteiger partial charge is 0.315 e. The van der Waals surface area contributed by atoms with Gasteiger partial charge >= 0.3 is 6.03 Å². The van der Waals surface area contributed by atoms with Crippen LogP contribution in [0.1, 0.15) is 42.6 Å². The van der Waals surface area contributed by atoms with Gasteiger partial charge < -0.3 is 15.4 Å². The van der Waals surface area contributed by atoms with E-state index in [-0.39, 0.29) is 23.9 Å². The summed E-state index contributed by atoms with van der Waals surface area (Å²) in [6.45, 7) is 5.75. The van der Waals surface area contributed by atoms with E-state index in [1.165, 1.54) is 12.1 Å². The van der Waals surface area contributed by atoms with Gasteiger partial charge in [-0.25, -0.2) is 9.18 Å². The summed E-state index contributed by atoms with van der Waals surface area (Å²) in [5.74, 6) is 0.440. The monoisotopic (exact) mass is 330 g/mol. The molecule has 0 aliphatic heterocycles. The molecule has 4 nitrogen and oxygen atoms in total. The van der Waals surface area contributed by atoms with Crippen LogP contribution >= 0.6 is 0 Å². The number of carbonyl (C=O) groups is 1. The Hall–Kier alpha value is -2.56. The van der Waals surface area contributed by atoms with Crippen molar-refractivity contribution in [2.45, 2.75) is 32.9 Å². The van der Waals surface area contributed by atoms with Gasteiger partial charge in [0.15, 0.2) is 0 Å². The maximum atomic E-state index is 13.0. The first kappa shape index (κ1) is 17.8. The second-order valence-electron chi connectivity index (χ2n) is 5.86. The van der Waals surface area contributed by atoms with Gasteiger partial charge in [0, 0.05) is 5.56 Å². The number of benzene rings is 2. The molecule has 0 saturated carbocycles. The van der Waals surface area contributed by atoms with Crippen molar-refractivity contribution >= 4 is 6.03 Å². The number of urea groups is 1. The SMILES string of the molecule is COc1ccc(C)cc1C(C)NC(=O)NC(C)c1ccc(F)cc1. The summed E-state index contributed by atoms with van der Waals surface area (Å²) < 4.78 is 18.3. The molecule has 24 heavy (non-hydrogen) atoms. The van der Waals surface area contributed by atoms with Crippen LogP contribution in [0.15, 0.2) is 42.5 Å². The topological polar surface area (TPSA) is 50.4 Å². The predicted molar refractivity (Wildman–Crippen MR) is 92.6 cm³/mol. The molecule has 0 fully saturated rings. The standard InChI is InChI=1S/C19H23FN2O2/c1-12-5-10-18(24-4)17(11-12)14(3)22-19(23)21-13(2)15-6-8-16(20)9-7-15/h5-11,13-14H,1-4H3,(H2,21,22,23). The number of aryl methyl sites for hydroxylation is 1. The van der Waals surface area contributed by atoms with E-state index in [0.29, 0.717) is 0 Å². The zero-order chi connectivity index (χ0) is 17.7. The number of halogens is 1. The molecule has 0 aliphatic carbocycles. The van der Waals surface area contributed by atoms with Crippen molar-refractivity contribution in [3.63, 3.8) is 0 Å². The second kappa shape index (κ2) is 7.81. The predicted octanol–water partition coefficient (Wildman–Crippen LogP) is 4.26. The van der Waals surface area contributed by atoms with Crippen LogP contribution in [0, 0.1) is 12.7 Å². The molecular formula is C19H23FN2O2. The summed E-state index contributed by atoms with van der Waals surface area (Å²) >= 11 is 0. The van der Waals surface area contributed by atoms with Crippen LogP contribution in [0.5, 0.6) is 5.75 Å². The highest BCUT2D eigenvalue weighted by atomic mass is 19.1. The first-order valence-electron chi connectivity index (χ1n) is 7.87. The Balaban J connectivity index is 2.01. The van der Waals surface area contributed by atoms with E-state index in [2.05, 4.69) is 10.6 Å². The number of methoxy groups -OCH3 is 1. The maximum Gasteiger partial charge on any atom is 0.315 e. The molecule has 2 atom stereocenters. The molecule has 2 N–H and O–H groups in total. The number of hydrogen-bond donors (Lipinski definition) is 2. The van der Waals surface area contributed by atoms with Crippen molar-refractivity contribution in [1.29, 1.82) is 0 Å². The lowest BCUT2D eigenvalue weighted by atomic mass is 10.0. The number of nitrogens with one attached hydrogen (secondary N) is 2. The highest BCUT2D eigenvalue weighted by molar-refractivity contribution is 5.75. The number of rotatable bonds is 5. The molecule has 5 heteroatoms. The summed E-state index contributed by atoms with van der Waals surface area (Å²) in [6, 6.07) is 11.2. The van der Waals surface area contributed by atoms with Crippen LogP contribution in [0.2, 0.25) is 0 Å². The Morgan fingerprint density at radius 1 is 1.04 bits per heavy atom. The van der Waals surface area contributed by atoms with Crippen LogP contribution in [-0.4, -0.2) is 13.1 Å². The Labute approximate surface area is 142 Å². The van der Waals surface area contributed by atoms with Crippen molar-refractivity contribution in [3.8, 4) is 5.75 Å². The first-order chi connectivity index (χ1) is 11.4. The van der Waals surface area contributed by atoms with Gasteiger partial charge in [-0.2, -0.15) is 0 Å². The third-order valence-corrected chi connectivity index (χ3v) is 3.92. The van der Waals surface area contributed by atoms with Gasteiger partial charge in [-0.3, -0.25) is 0 Å².